The molecular formula is C58H43N3O. The lowest BCUT2D eigenvalue weighted by Crippen LogP contribution is -2.39. The predicted molar refractivity (Wildman–Crippen MR) is 252 cm³/mol. The summed E-state index contributed by atoms with van der Waals surface area (Å²) in [6.07, 6.45) is 6.89. The molecule has 4 heteroatoms. The van der Waals surface area contributed by atoms with Crippen LogP contribution in [0.25, 0.3) is 44.7 Å². The van der Waals surface area contributed by atoms with Gasteiger partial charge in [0, 0.05) is 35.5 Å². The SMILES string of the molecule is C1=CC2=C(NC1)C1(c3ccccc3Oc3ccccc31)c1cc(-c3cccc(-c4ccc(C5=CC(c6ccc(-c7ccccc7)cc6)N(Cc6ccccc6)N5)cc4)c3)ccc12. The number of dihydropyridines is 1. The summed E-state index contributed by atoms with van der Waals surface area (Å²) < 4.78 is 6.57. The first kappa shape index (κ1) is 36.2. The molecule has 0 amide bonds. The Morgan fingerprint density at radius 2 is 1.08 bits per heavy atom. The van der Waals surface area contributed by atoms with Gasteiger partial charge >= 0.3 is 0 Å². The van der Waals surface area contributed by atoms with Crippen LogP contribution in [0.5, 0.6) is 11.5 Å². The molecule has 3 aliphatic heterocycles. The predicted octanol–water partition coefficient (Wildman–Crippen LogP) is 13.1. The average Bonchev–Trinajstić information content (AvgIpc) is 3.89. The highest BCUT2D eigenvalue weighted by molar-refractivity contribution is 5.93. The molecule has 1 atom stereocenters. The molecule has 12 rings (SSSR count). The lowest BCUT2D eigenvalue weighted by Gasteiger charge is -2.41. The van der Waals surface area contributed by atoms with Gasteiger partial charge in [-0.3, -0.25) is 0 Å². The molecule has 0 aromatic heterocycles. The maximum atomic E-state index is 6.57. The van der Waals surface area contributed by atoms with Gasteiger partial charge in [-0.05, 0) is 91.5 Å². The Morgan fingerprint density at radius 3 is 1.82 bits per heavy atom. The van der Waals surface area contributed by atoms with Crippen LogP contribution in [0.1, 0.15) is 45.0 Å². The molecule has 8 aromatic carbocycles. The number of para-hydroxylation sites is 2. The van der Waals surface area contributed by atoms with Gasteiger partial charge in [0.1, 0.15) is 11.5 Å². The summed E-state index contributed by atoms with van der Waals surface area (Å²) in [6.45, 7) is 1.57. The molecule has 0 saturated heterocycles. The quantitative estimate of drug-likeness (QED) is 0.168. The zero-order valence-corrected chi connectivity index (χ0v) is 34.1. The highest BCUT2D eigenvalue weighted by Gasteiger charge is 2.52. The first-order valence-corrected chi connectivity index (χ1v) is 21.5. The maximum Gasteiger partial charge on any atom is 0.132 e. The van der Waals surface area contributed by atoms with Gasteiger partial charge in [-0.15, -0.1) is 0 Å². The molecule has 2 N–H and O–H groups in total. The van der Waals surface area contributed by atoms with Crippen LogP contribution in [0.3, 0.4) is 0 Å². The number of allylic oxidation sites excluding steroid dienone is 3. The molecule has 3 heterocycles. The Kier molecular flexibility index (Phi) is 8.65. The van der Waals surface area contributed by atoms with E-state index in [1.165, 1.54) is 78.0 Å². The van der Waals surface area contributed by atoms with Gasteiger partial charge in [0.05, 0.1) is 17.2 Å². The van der Waals surface area contributed by atoms with E-state index < -0.39 is 5.41 Å². The van der Waals surface area contributed by atoms with Crippen molar-refractivity contribution in [3.05, 3.63) is 263 Å². The van der Waals surface area contributed by atoms with Crippen LogP contribution in [0.2, 0.25) is 0 Å². The first-order valence-electron chi connectivity index (χ1n) is 21.5. The zero-order valence-electron chi connectivity index (χ0n) is 34.1. The number of hydrogen-bond acceptors (Lipinski definition) is 4. The molecule has 4 aliphatic rings. The fourth-order valence-corrected chi connectivity index (χ4v) is 10.1. The molecule has 1 aliphatic carbocycles. The largest absolute Gasteiger partial charge is 0.457 e. The van der Waals surface area contributed by atoms with Crippen LogP contribution >= 0.6 is 0 Å². The van der Waals surface area contributed by atoms with Gasteiger partial charge in [-0.25, -0.2) is 5.01 Å². The summed E-state index contributed by atoms with van der Waals surface area (Å²) >= 11 is 0. The maximum absolute atomic E-state index is 6.57. The highest BCUT2D eigenvalue weighted by Crippen LogP contribution is 2.61. The van der Waals surface area contributed by atoms with E-state index in [9.17, 15) is 0 Å². The monoisotopic (exact) mass is 797 g/mol. The van der Waals surface area contributed by atoms with E-state index in [2.05, 4.69) is 234 Å². The van der Waals surface area contributed by atoms with Gasteiger partial charge in [0.2, 0.25) is 0 Å². The van der Waals surface area contributed by atoms with Crippen LogP contribution in [-0.4, -0.2) is 11.6 Å². The van der Waals surface area contributed by atoms with E-state index in [0.29, 0.717) is 0 Å². The molecule has 296 valence electrons. The lowest BCUT2D eigenvalue weighted by atomic mass is 9.67. The van der Waals surface area contributed by atoms with Crippen LogP contribution < -0.4 is 15.5 Å². The number of hydrogen-bond donors (Lipinski definition) is 2. The fourth-order valence-electron chi connectivity index (χ4n) is 10.1. The molecule has 8 aromatic rings. The third-order valence-corrected chi connectivity index (χ3v) is 13.0. The van der Waals surface area contributed by atoms with Crippen LogP contribution in [0.4, 0.5) is 0 Å². The number of nitrogens with one attached hydrogen (secondary N) is 2. The lowest BCUT2D eigenvalue weighted by molar-refractivity contribution is 0.196. The highest BCUT2D eigenvalue weighted by atomic mass is 16.5. The smallest absolute Gasteiger partial charge is 0.132 e. The normalized spacial score (nSPS) is 16.6. The standard InChI is InChI=1S/C58H43N3O/c1-3-13-39(14-4-1)38-61-54(44-30-26-41(27-31-44)40-15-5-2-6-16-40)37-53(60-61)43-28-24-42(25-29-43)45-17-11-18-46(35-45)47-32-33-48-49-19-12-34-59-57(49)58(52(48)36-47)50-20-7-9-22-55(50)62-56-23-10-8-21-51(56)58/h1-33,35-37,54,59-60H,34,38H2. The second kappa shape index (κ2) is 14.8. The summed E-state index contributed by atoms with van der Waals surface area (Å²) in [5.74, 6) is 1.80. The molecule has 0 bridgehead atoms. The van der Waals surface area contributed by atoms with E-state index in [4.69, 9.17) is 4.74 Å². The Hall–Kier alpha value is -7.66. The van der Waals surface area contributed by atoms with Gasteiger partial charge < -0.3 is 15.5 Å². The number of fused-ring (bicyclic) bond motifs is 8. The van der Waals surface area contributed by atoms with Crippen molar-refractivity contribution >= 4 is 11.3 Å². The topological polar surface area (TPSA) is 36.5 Å². The Labute approximate surface area is 362 Å². The van der Waals surface area contributed by atoms with E-state index in [1.54, 1.807) is 0 Å². The number of rotatable bonds is 7. The molecule has 0 saturated carbocycles. The third kappa shape index (κ3) is 5.94. The van der Waals surface area contributed by atoms with Crippen molar-refractivity contribution in [2.24, 2.45) is 0 Å². The number of hydrazine groups is 1. The van der Waals surface area contributed by atoms with Crippen molar-refractivity contribution in [1.82, 2.24) is 15.8 Å². The summed E-state index contributed by atoms with van der Waals surface area (Å²) in [5, 5.41) is 6.19. The summed E-state index contributed by atoms with van der Waals surface area (Å²) in [4.78, 5) is 0. The number of benzene rings is 8. The van der Waals surface area contributed by atoms with E-state index in [1.807, 2.05) is 0 Å². The molecule has 0 radical (unpaired) electrons. The molecule has 1 spiro atoms. The summed E-state index contributed by atoms with van der Waals surface area (Å²) in [7, 11) is 0. The van der Waals surface area contributed by atoms with Crippen LogP contribution in [0.15, 0.2) is 224 Å². The Bertz CT molecular complexity index is 3050. The minimum atomic E-state index is -0.519. The van der Waals surface area contributed by atoms with Crippen molar-refractivity contribution in [2.45, 2.75) is 18.0 Å². The fraction of sp³-hybridized carbons (Fsp3) is 0.0690. The average molecular weight is 798 g/mol. The molecular weight excluding hydrogens is 755 g/mol. The molecule has 62 heavy (non-hydrogen) atoms. The number of nitrogens with zero attached hydrogens (tertiary/aromatic N) is 1. The first-order chi connectivity index (χ1) is 30.7. The van der Waals surface area contributed by atoms with Crippen molar-refractivity contribution in [2.75, 3.05) is 6.54 Å². The second-order valence-electron chi connectivity index (χ2n) is 16.6. The number of ether oxygens (including phenoxy) is 1. The minimum absolute atomic E-state index is 0.0773. The van der Waals surface area contributed by atoms with E-state index >= 15 is 0 Å². The molecule has 4 nitrogen and oxygen atoms in total. The minimum Gasteiger partial charge on any atom is -0.457 e. The van der Waals surface area contributed by atoms with Gasteiger partial charge in [-0.1, -0.05) is 188 Å². The van der Waals surface area contributed by atoms with Gasteiger partial charge in [-0.2, -0.15) is 0 Å². The van der Waals surface area contributed by atoms with E-state index in [-0.39, 0.29) is 6.04 Å². The van der Waals surface area contributed by atoms with Crippen LogP contribution in [-0.2, 0) is 12.0 Å². The Balaban J connectivity index is 0.871. The molecule has 0 fully saturated rings. The van der Waals surface area contributed by atoms with Gasteiger partial charge in [0.25, 0.3) is 0 Å². The Morgan fingerprint density at radius 1 is 0.516 bits per heavy atom. The molecule has 1 unspecified atom stereocenters. The second-order valence-corrected chi connectivity index (χ2v) is 16.6. The zero-order chi connectivity index (χ0) is 41.0. The third-order valence-electron chi connectivity index (χ3n) is 13.0. The van der Waals surface area contributed by atoms with Crippen molar-refractivity contribution in [3.63, 3.8) is 0 Å². The van der Waals surface area contributed by atoms with Crippen molar-refractivity contribution in [1.29, 1.82) is 0 Å². The van der Waals surface area contributed by atoms with Crippen molar-refractivity contribution < 1.29 is 4.74 Å². The summed E-state index contributed by atoms with van der Waals surface area (Å²) in [6, 6.07) is 72.5. The van der Waals surface area contributed by atoms with Crippen molar-refractivity contribution in [3.8, 4) is 44.9 Å². The summed E-state index contributed by atoms with van der Waals surface area (Å²) in [5.41, 5.74) is 22.6. The van der Waals surface area contributed by atoms with Gasteiger partial charge in [0.15, 0.2) is 0 Å². The van der Waals surface area contributed by atoms with Crippen LogP contribution in [0, 0.1) is 0 Å². The van der Waals surface area contributed by atoms with E-state index in [0.717, 1.165) is 35.8 Å².